The summed E-state index contributed by atoms with van der Waals surface area (Å²) in [5, 5.41) is 12.4. The molecule has 12 heteroatoms. The maximum absolute atomic E-state index is 13.6. The van der Waals surface area contributed by atoms with E-state index in [0.717, 1.165) is 16.8 Å². The van der Waals surface area contributed by atoms with Crippen LogP contribution in [-0.2, 0) is 20.1 Å². The molecule has 1 aliphatic heterocycles. The molecule has 0 spiro atoms. The van der Waals surface area contributed by atoms with Crippen molar-refractivity contribution in [3.05, 3.63) is 71.8 Å². The minimum absolute atomic E-state index is 0. The van der Waals surface area contributed by atoms with Gasteiger partial charge in [-0.25, -0.2) is 0 Å². The average Bonchev–Trinajstić information content (AvgIpc) is 3.15. The molecule has 1 radical (unpaired) electrons. The van der Waals surface area contributed by atoms with E-state index in [2.05, 4.69) is 38.2 Å². The number of hydrazone groups is 1. The van der Waals surface area contributed by atoms with Crippen LogP contribution in [0, 0.1) is 47.0 Å². The first-order valence-corrected chi connectivity index (χ1v) is 8.05. The van der Waals surface area contributed by atoms with E-state index < -0.39 is 29.1 Å². The topological polar surface area (TPSA) is 80.8 Å². The van der Waals surface area contributed by atoms with Gasteiger partial charge in [0.25, 0.3) is 0 Å². The molecule has 0 atom stereocenters. The van der Waals surface area contributed by atoms with Crippen LogP contribution in [0.25, 0.3) is 11.4 Å². The first-order chi connectivity index (χ1) is 14.4. The quantitative estimate of drug-likeness (QED) is 0.195. The van der Waals surface area contributed by atoms with Crippen LogP contribution < -0.4 is 0 Å². The third-order valence-corrected chi connectivity index (χ3v) is 3.46. The monoisotopic (exact) mass is 604 g/mol. The van der Waals surface area contributed by atoms with Gasteiger partial charge in [0.15, 0.2) is 11.6 Å². The normalized spacial score (nSPS) is 11.5. The number of benzene rings is 1. The molecular weight excluding hydrogens is 594 g/mol. The fourth-order valence-corrected chi connectivity index (χ4v) is 2.15. The van der Waals surface area contributed by atoms with E-state index in [1.807, 2.05) is 0 Å². The molecule has 0 bridgehead atoms. The number of pyridine rings is 1. The number of hydrogen-bond donors (Lipinski definition) is 0. The van der Waals surface area contributed by atoms with Crippen molar-refractivity contribution in [3.63, 3.8) is 0 Å². The second kappa shape index (κ2) is 10.4. The van der Waals surface area contributed by atoms with E-state index in [-0.39, 0.29) is 37.2 Å². The van der Waals surface area contributed by atoms with Gasteiger partial charge in [0.05, 0.1) is 34.2 Å². The summed E-state index contributed by atoms with van der Waals surface area (Å²) in [7, 11) is 1.68. The molecular formula is C19H9F4IrN7. The molecule has 0 N–H and O–H groups in total. The predicted octanol–water partition coefficient (Wildman–Crippen LogP) is 2.67. The van der Waals surface area contributed by atoms with Gasteiger partial charge in [-0.05, 0) is 6.07 Å². The van der Waals surface area contributed by atoms with Crippen molar-refractivity contribution in [2.75, 3.05) is 7.05 Å². The molecule has 0 amide bonds. The molecule has 0 saturated carbocycles. The number of aromatic nitrogens is 3. The summed E-state index contributed by atoms with van der Waals surface area (Å²) in [6.45, 7) is 0. The Morgan fingerprint density at radius 3 is 2.39 bits per heavy atom. The van der Waals surface area contributed by atoms with E-state index in [4.69, 9.17) is 5.26 Å². The van der Waals surface area contributed by atoms with Crippen LogP contribution >= 0.6 is 0 Å². The zero-order valence-corrected chi connectivity index (χ0v) is 17.8. The summed E-state index contributed by atoms with van der Waals surface area (Å²) in [5.74, 6) is -3.75. The van der Waals surface area contributed by atoms with Gasteiger partial charge < -0.3 is 4.98 Å². The van der Waals surface area contributed by atoms with Crippen molar-refractivity contribution in [1.82, 2.24) is 15.0 Å². The Hall–Kier alpha value is -3.64. The Kier molecular flexibility index (Phi) is 7.93. The fraction of sp³-hybridized carbons (Fsp3) is 0.0526. The molecule has 31 heavy (non-hydrogen) atoms. The summed E-state index contributed by atoms with van der Waals surface area (Å²) in [6.07, 6.45) is 4.27. The molecule has 1 aliphatic rings. The molecule has 1 aromatic carbocycles. The minimum atomic E-state index is -0.992. The van der Waals surface area contributed by atoms with Crippen molar-refractivity contribution in [2.24, 2.45) is 5.10 Å². The SMILES string of the molecule is C[N+]1=C=[N+](c2[c-]cc(F)nc2F)N=C1.N#Cc1c(F)c[c-]c(-c2ncccn2)c1F.[Ir]. The molecule has 157 valence electrons. The summed E-state index contributed by atoms with van der Waals surface area (Å²) in [5.41, 5.74) is -0.827. The first kappa shape index (κ1) is 23.6. The standard InChI is InChI=1S/C11H4F2N3.C8H5F2N4.Ir/c12-9-3-2-7(10(13)8(9)6-14)11-15-4-1-5-16-11;1-13-4-11-14(5-13)6-2-3-7(9)12-8(6)10;/h1,3-5H;3-4H,1H3;/q-1;+1;. The maximum atomic E-state index is 13.6. The Balaban J connectivity index is 0.000000215. The molecule has 2 aromatic heterocycles. The maximum Gasteiger partial charge on any atom is 0.420 e. The smallest absolute Gasteiger partial charge is 0.319 e. The second-order valence-electron chi connectivity index (χ2n) is 5.50. The number of hydrogen-bond acceptors (Lipinski definition) is 5. The number of halogens is 4. The summed E-state index contributed by atoms with van der Waals surface area (Å²) >= 11 is 0. The van der Waals surface area contributed by atoms with E-state index in [1.54, 1.807) is 13.1 Å². The molecule has 3 aromatic rings. The van der Waals surface area contributed by atoms with Crippen molar-refractivity contribution < 1.29 is 46.9 Å². The molecule has 0 fully saturated rings. The van der Waals surface area contributed by atoms with Crippen molar-refractivity contribution >= 4 is 18.0 Å². The summed E-state index contributed by atoms with van der Waals surface area (Å²) in [4.78, 5) is 10.6. The van der Waals surface area contributed by atoms with Crippen LogP contribution in [0.5, 0.6) is 0 Å². The molecule has 4 rings (SSSR count). The summed E-state index contributed by atoms with van der Waals surface area (Å²) in [6, 6.07) is 12.2. The van der Waals surface area contributed by atoms with Gasteiger partial charge in [0, 0.05) is 38.1 Å². The van der Waals surface area contributed by atoms with Crippen LogP contribution in [0.1, 0.15) is 5.56 Å². The molecule has 0 saturated heterocycles. The van der Waals surface area contributed by atoms with E-state index in [1.165, 1.54) is 29.4 Å². The zero-order chi connectivity index (χ0) is 21.7. The Morgan fingerprint density at radius 1 is 1.10 bits per heavy atom. The Labute approximate surface area is 186 Å². The minimum Gasteiger partial charge on any atom is -0.319 e. The number of nitrogens with zero attached hydrogens (tertiary/aromatic N) is 7. The first-order valence-electron chi connectivity index (χ1n) is 8.05. The van der Waals surface area contributed by atoms with E-state index >= 15 is 0 Å². The van der Waals surface area contributed by atoms with Crippen molar-refractivity contribution in [3.8, 4) is 17.5 Å². The Bertz CT molecular complexity index is 1250. The van der Waals surface area contributed by atoms with Gasteiger partial charge in [-0.2, -0.15) is 5.26 Å². The van der Waals surface area contributed by atoms with Crippen LogP contribution in [0.15, 0.2) is 35.7 Å². The molecule has 0 aliphatic carbocycles. The Morgan fingerprint density at radius 2 is 1.81 bits per heavy atom. The third kappa shape index (κ3) is 5.49. The van der Waals surface area contributed by atoms with Crippen LogP contribution in [-0.4, -0.2) is 43.6 Å². The van der Waals surface area contributed by atoms with Gasteiger partial charge in [-0.3, -0.25) is 27.5 Å². The van der Waals surface area contributed by atoms with Gasteiger partial charge in [-0.1, -0.05) is 5.56 Å². The van der Waals surface area contributed by atoms with E-state index in [0.29, 0.717) is 0 Å². The van der Waals surface area contributed by atoms with Gasteiger partial charge in [0.1, 0.15) is 7.05 Å². The molecule has 7 nitrogen and oxygen atoms in total. The molecule has 3 heterocycles. The zero-order valence-electron chi connectivity index (χ0n) is 15.4. The van der Waals surface area contributed by atoms with Gasteiger partial charge in [0.2, 0.25) is 5.10 Å². The van der Waals surface area contributed by atoms with E-state index in [9.17, 15) is 17.6 Å². The number of rotatable bonds is 2. The largest absolute Gasteiger partial charge is 0.420 e. The fourth-order valence-electron chi connectivity index (χ4n) is 2.15. The van der Waals surface area contributed by atoms with Gasteiger partial charge in [-0.15, -0.1) is 28.8 Å². The second-order valence-corrected chi connectivity index (χ2v) is 5.50. The van der Waals surface area contributed by atoms with Crippen LogP contribution in [0.4, 0.5) is 23.2 Å². The predicted molar refractivity (Wildman–Crippen MR) is 93.5 cm³/mol. The van der Waals surface area contributed by atoms with Crippen LogP contribution in [0.3, 0.4) is 0 Å². The van der Waals surface area contributed by atoms with Crippen molar-refractivity contribution in [2.45, 2.75) is 0 Å². The van der Waals surface area contributed by atoms with Crippen molar-refractivity contribution in [1.29, 1.82) is 5.26 Å². The molecule has 0 unspecified atom stereocenters. The summed E-state index contributed by atoms with van der Waals surface area (Å²) < 4.78 is 54.8. The third-order valence-electron chi connectivity index (χ3n) is 3.46. The number of nitriles is 1. The van der Waals surface area contributed by atoms with Crippen LogP contribution in [0.2, 0.25) is 0 Å². The van der Waals surface area contributed by atoms with Gasteiger partial charge >= 0.3 is 12.3 Å². The average molecular weight is 604 g/mol.